The van der Waals surface area contributed by atoms with Gasteiger partial charge in [0.15, 0.2) is 0 Å². The summed E-state index contributed by atoms with van der Waals surface area (Å²) in [5.41, 5.74) is 6.85. The Morgan fingerprint density at radius 2 is 1.44 bits per heavy atom. The fraction of sp³-hybridized carbons (Fsp3) is 0.156. The van der Waals surface area contributed by atoms with E-state index >= 15 is 0 Å². The van der Waals surface area contributed by atoms with Crippen molar-refractivity contribution in [2.75, 3.05) is 14.2 Å². The van der Waals surface area contributed by atoms with Crippen LogP contribution in [0.25, 0.3) is 22.3 Å². The number of amides is 3. The number of imide groups is 1. The maximum atomic E-state index is 13.1. The smallest absolute Gasteiger partial charge is 0.286 e. The molecule has 3 amide bonds. The van der Waals surface area contributed by atoms with E-state index in [-0.39, 0.29) is 22.3 Å². The average molecular weight is 537 g/mol. The van der Waals surface area contributed by atoms with Gasteiger partial charge in [-0.3, -0.25) is 19.7 Å². The fourth-order valence-electron chi connectivity index (χ4n) is 4.58. The molecule has 6 nitrogen and oxygen atoms in total. The summed E-state index contributed by atoms with van der Waals surface area (Å²) >= 11 is 1.04. The highest BCUT2D eigenvalue weighted by atomic mass is 32.2. The van der Waals surface area contributed by atoms with Gasteiger partial charge in [0, 0.05) is 19.2 Å². The number of hydrogen-bond acceptors (Lipinski definition) is 5. The Kier molecular flexibility index (Phi) is 7.79. The molecule has 4 aromatic rings. The van der Waals surface area contributed by atoms with Crippen molar-refractivity contribution in [3.63, 3.8) is 0 Å². The highest BCUT2D eigenvalue weighted by Gasteiger charge is 2.31. The van der Waals surface area contributed by atoms with Crippen molar-refractivity contribution in [1.82, 2.24) is 10.2 Å². The van der Waals surface area contributed by atoms with E-state index in [1.165, 1.54) is 0 Å². The van der Waals surface area contributed by atoms with Crippen LogP contribution in [0.2, 0.25) is 0 Å². The molecule has 0 aromatic heterocycles. The number of rotatable bonds is 8. The van der Waals surface area contributed by atoms with Crippen molar-refractivity contribution < 1.29 is 19.1 Å². The fourth-order valence-corrected chi connectivity index (χ4v) is 5.44. The van der Waals surface area contributed by atoms with Crippen LogP contribution in [0.1, 0.15) is 21.5 Å². The lowest BCUT2D eigenvalue weighted by atomic mass is 10.00. The van der Waals surface area contributed by atoms with Crippen LogP contribution in [-0.2, 0) is 17.8 Å². The molecule has 0 bridgehead atoms. The standard InChI is InChI=1S/C32H28N2O4S/c1-34(31(36)26-12-10-23(11-13-26)24-14-16-28(38-2)17-15-24)20-22-4-3-5-27(18-22)25-8-6-21(7-9-25)19-29-30(35)33-32(37)39-29/h3-18,29H,19-20H2,1-2H3,(H,33,35,37). The third-order valence-electron chi connectivity index (χ3n) is 6.72. The zero-order valence-electron chi connectivity index (χ0n) is 21.7. The Hall–Kier alpha value is -4.36. The second-order valence-corrected chi connectivity index (χ2v) is 10.6. The minimum atomic E-state index is -0.376. The van der Waals surface area contributed by atoms with E-state index in [2.05, 4.69) is 11.4 Å². The first-order valence-electron chi connectivity index (χ1n) is 12.6. The summed E-state index contributed by atoms with van der Waals surface area (Å²) in [6, 6.07) is 31.6. The lowest BCUT2D eigenvalue weighted by Gasteiger charge is -2.18. The van der Waals surface area contributed by atoms with Crippen LogP contribution in [0.15, 0.2) is 97.1 Å². The van der Waals surface area contributed by atoms with Crippen molar-refractivity contribution in [2.24, 2.45) is 0 Å². The maximum absolute atomic E-state index is 13.1. The molecule has 0 radical (unpaired) electrons. The Morgan fingerprint density at radius 1 is 0.821 bits per heavy atom. The molecular weight excluding hydrogens is 508 g/mol. The normalized spacial score (nSPS) is 14.7. The van der Waals surface area contributed by atoms with Gasteiger partial charge in [-0.05, 0) is 70.1 Å². The second-order valence-electron chi connectivity index (χ2n) is 9.45. The third kappa shape index (κ3) is 6.21. The monoisotopic (exact) mass is 536 g/mol. The van der Waals surface area contributed by atoms with Gasteiger partial charge in [-0.1, -0.05) is 78.5 Å². The first-order chi connectivity index (χ1) is 18.9. The zero-order valence-corrected chi connectivity index (χ0v) is 22.5. The first kappa shape index (κ1) is 26.3. The van der Waals surface area contributed by atoms with Gasteiger partial charge < -0.3 is 9.64 Å². The predicted molar refractivity (Wildman–Crippen MR) is 155 cm³/mol. The highest BCUT2D eigenvalue weighted by molar-refractivity contribution is 8.15. The summed E-state index contributed by atoms with van der Waals surface area (Å²) < 4.78 is 5.22. The van der Waals surface area contributed by atoms with E-state index in [9.17, 15) is 14.4 Å². The first-order valence-corrected chi connectivity index (χ1v) is 13.5. The molecule has 1 aliphatic heterocycles. The molecule has 196 valence electrons. The van der Waals surface area contributed by atoms with Crippen LogP contribution >= 0.6 is 11.8 Å². The van der Waals surface area contributed by atoms with Gasteiger partial charge in [0.05, 0.1) is 12.4 Å². The molecule has 7 heteroatoms. The maximum Gasteiger partial charge on any atom is 0.286 e. The summed E-state index contributed by atoms with van der Waals surface area (Å²) in [5, 5.41) is 1.67. The van der Waals surface area contributed by atoms with E-state index in [1.807, 2.05) is 98.0 Å². The minimum absolute atomic E-state index is 0.0432. The Morgan fingerprint density at radius 3 is 2.05 bits per heavy atom. The third-order valence-corrected chi connectivity index (χ3v) is 7.71. The number of nitrogens with one attached hydrogen (secondary N) is 1. The van der Waals surface area contributed by atoms with E-state index in [0.717, 1.165) is 50.9 Å². The number of carbonyl (C=O) groups excluding carboxylic acids is 3. The summed E-state index contributed by atoms with van der Waals surface area (Å²) in [6.45, 7) is 0.479. The Bertz CT molecular complexity index is 1500. The van der Waals surface area contributed by atoms with Gasteiger partial charge >= 0.3 is 0 Å². The van der Waals surface area contributed by atoms with Crippen molar-refractivity contribution in [2.45, 2.75) is 18.2 Å². The SMILES string of the molecule is COc1ccc(-c2ccc(C(=O)N(C)Cc3cccc(-c4ccc(CC5SC(=O)NC5=O)cc4)c3)cc2)cc1. The highest BCUT2D eigenvalue weighted by Crippen LogP contribution is 2.26. The molecule has 4 aromatic carbocycles. The summed E-state index contributed by atoms with van der Waals surface area (Å²) in [7, 11) is 3.45. The molecule has 0 saturated carbocycles. The lowest BCUT2D eigenvalue weighted by molar-refractivity contribution is -0.118. The molecule has 1 heterocycles. The van der Waals surface area contributed by atoms with Crippen LogP contribution < -0.4 is 10.1 Å². The largest absolute Gasteiger partial charge is 0.497 e. The number of methoxy groups -OCH3 is 1. The van der Waals surface area contributed by atoms with Gasteiger partial charge in [0.1, 0.15) is 5.75 Å². The molecular formula is C32H28N2O4S. The van der Waals surface area contributed by atoms with Gasteiger partial charge in [-0.25, -0.2) is 0 Å². The topological polar surface area (TPSA) is 75.7 Å². The summed E-state index contributed by atoms with van der Waals surface area (Å²) in [4.78, 5) is 38.1. The summed E-state index contributed by atoms with van der Waals surface area (Å²) in [5.74, 6) is 0.535. The van der Waals surface area contributed by atoms with Crippen LogP contribution in [-0.4, -0.2) is 41.4 Å². The Balaban J connectivity index is 1.22. The molecule has 39 heavy (non-hydrogen) atoms. The minimum Gasteiger partial charge on any atom is -0.497 e. The number of ether oxygens (including phenoxy) is 1. The Labute approximate surface area is 232 Å². The van der Waals surface area contributed by atoms with Crippen molar-refractivity contribution in [3.05, 3.63) is 114 Å². The van der Waals surface area contributed by atoms with Crippen LogP contribution in [0, 0.1) is 0 Å². The van der Waals surface area contributed by atoms with E-state index in [1.54, 1.807) is 12.0 Å². The molecule has 1 unspecified atom stereocenters. The van der Waals surface area contributed by atoms with Crippen LogP contribution in [0.3, 0.4) is 0 Å². The van der Waals surface area contributed by atoms with E-state index in [0.29, 0.717) is 18.5 Å². The lowest BCUT2D eigenvalue weighted by Crippen LogP contribution is -2.26. The number of benzene rings is 4. The predicted octanol–water partition coefficient (Wildman–Crippen LogP) is 6.20. The van der Waals surface area contributed by atoms with Crippen LogP contribution in [0.4, 0.5) is 4.79 Å². The number of nitrogens with zero attached hydrogens (tertiary/aromatic N) is 1. The van der Waals surface area contributed by atoms with Gasteiger partial charge in [0.25, 0.3) is 11.1 Å². The van der Waals surface area contributed by atoms with Gasteiger partial charge in [-0.15, -0.1) is 0 Å². The second kappa shape index (κ2) is 11.6. The van der Waals surface area contributed by atoms with E-state index in [4.69, 9.17) is 4.74 Å². The molecule has 0 spiro atoms. The van der Waals surface area contributed by atoms with E-state index < -0.39 is 0 Å². The van der Waals surface area contributed by atoms with Crippen molar-refractivity contribution in [1.29, 1.82) is 0 Å². The van der Waals surface area contributed by atoms with Crippen LogP contribution in [0.5, 0.6) is 5.75 Å². The summed E-state index contributed by atoms with van der Waals surface area (Å²) in [6.07, 6.45) is 0.510. The molecule has 1 fully saturated rings. The van der Waals surface area contributed by atoms with Crippen molar-refractivity contribution >= 4 is 28.8 Å². The number of hydrogen-bond donors (Lipinski definition) is 1. The molecule has 1 atom stereocenters. The molecule has 1 saturated heterocycles. The van der Waals surface area contributed by atoms with Gasteiger partial charge in [-0.2, -0.15) is 0 Å². The molecule has 1 aliphatic rings. The number of thioether (sulfide) groups is 1. The quantitative estimate of drug-likeness (QED) is 0.290. The van der Waals surface area contributed by atoms with Crippen molar-refractivity contribution in [3.8, 4) is 28.0 Å². The average Bonchev–Trinajstić information content (AvgIpc) is 3.29. The zero-order chi connectivity index (χ0) is 27.4. The molecule has 0 aliphatic carbocycles. The van der Waals surface area contributed by atoms with Gasteiger partial charge in [0.2, 0.25) is 5.91 Å². The molecule has 1 N–H and O–H groups in total. The molecule has 5 rings (SSSR count). The number of carbonyl (C=O) groups is 3.